The van der Waals surface area contributed by atoms with Gasteiger partial charge >= 0.3 is 12.1 Å². The van der Waals surface area contributed by atoms with E-state index in [1.54, 1.807) is 32.3 Å². The minimum absolute atomic E-state index is 0.256. The summed E-state index contributed by atoms with van der Waals surface area (Å²) < 4.78 is 41.8. The number of cyclic esters (lactones) is 1. The Kier molecular flexibility index (Phi) is 11.4. The quantitative estimate of drug-likeness (QED) is 0.391. The molecule has 1 atom stereocenters. The molecule has 0 amide bonds. The summed E-state index contributed by atoms with van der Waals surface area (Å²) in [6, 6.07) is 12.9. The van der Waals surface area contributed by atoms with Crippen LogP contribution in [0.1, 0.15) is 38.8 Å². The third kappa shape index (κ3) is 7.53. The number of rotatable bonds is 2. The van der Waals surface area contributed by atoms with Crippen LogP contribution in [0, 0.1) is 6.92 Å². The van der Waals surface area contributed by atoms with Gasteiger partial charge in [0.25, 0.3) is 0 Å². The number of carbonyl (C=O) groups excluding carboxylic acids is 3. The number of esters is 1. The summed E-state index contributed by atoms with van der Waals surface area (Å²) in [5, 5.41) is 3.30. The molecule has 0 fully saturated rings. The van der Waals surface area contributed by atoms with Crippen LogP contribution in [0.2, 0.25) is 10.0 Å². The fourth-order valence-electron chi connectivity index (χ4n) is 3.06. The van der Waals surface area contributed by atoms with E-state index in [-0.39, 0.29) is 11.0 Å². The van der Waals surface area contributed by atoms with Crippen molar-refractivity contribution in [1.82, 2.24) is 4.98 Å². The lowest BCUT2D eigenvalue weighted by molar-refractivity contribution is -0.137. The zero-order chi connectivity index (χ0) is 26.8. The molecular formula is C24H21Cl2F3N2O4. The largest absolute Gasteiger partial charge is 0.447 e. The Morgan fingerprint density at radius 3 is 2.23 bits per heavy atom. The average molecular weight is 529 g/mol. The maximum atomic E-state index is 12.1. The van der Waals surface area contributed by atoms with Crippen LogP contribution in [0.4, 0.5) is 18.9 Å². The number of nitrogens with zero attached hydrogens (tertiary/aromatic N) is 1. The predicted octanol–water partition coefficient (Wildman–Crippen LogP) is 6.33. The molecule has 0 bridgehead atoms. The highest BCUT2D eigenvalue weighted by atomic mass is 35.5. The first-order chi connectivity index (χ1) is 16.6. The molecule has 35 heavy (non-hydrogen) atoms. The molecule has 0 saturated heterocycles. The molecule has 1 unspecified atom stereocenters. The van der Waals surface area contributed by atoms with Crippen molar-refractivity contribution >= 4 is 48.4 Å². The lowest BCUT2D eigenvalue weighted by Gasteiger charge is -2.14. The number of hydrogen-bond acceptors (Lipinski definition) is 6. The Balaban J connectivity index is 0.000000332. The van der Waals surface area contributed by atoms with Crippen molar-refractivity contribution in [2.24, 2.45) is 0 Å². The second kappa shape index (κ2) is 13.5. The summed E-state index contributed by atoms with van der Waals surface area (Å²) in [6.07, 6.45) is -3.29. The number of pyridine rings is 1. The summed E-state index contributed by atoms with van der Waals surface area (Å²) in [4.78, 5) is 32.1. The minimum atomic E-state index is -4.36. The third-order valence-electron chi connectivity index (χ3n) is 4.52. The van der Waals surface area contributed by atoms with Crippen molar-refractivity contribution in [2.75, 3.05) is 12.4 Å². The minimum Gasteiger partial charge on any atom is -0.447 e. The fraction of sp³-hybridized carbons (Fsp3) is 0.167. The fourth-order valence-corrected chi connectivity index (χ4v) is 3.45. The highest BCUT2D eigenvalue weighted by Gasteiger charge is 2.34. The molecule has 0 spiro atoms. The number of alkyl halides is 3. The van der Waals surface area contributed by atoms with Crippen molar-refractivity contribution in [3.63, 3.8) is 0 Å². The molecule has 2 heterocycles. The summed E-state index contributed by atoms with van der Waals surface area (Å²) >= 11 is 11.3. The molecule has 186 valence electrons. The third-order valence-corrected chi connectivity index (χ3v) is 5.05. The van der Waals surface area contributed by atoms with E-state index in [4.69, 9.17) is 37.5 Å². The Labute approximate surface area is 210 Å². The van der Waals surface area contributed by atoms with Crippen molar-refractivity contribution in [2.45, 2.75) is 19.2 Å². The Morgan fingerprint density at radius 2 is 1.66 bits per heavy atom. The van der Waals surface area contributed by atoms with Gasteiger partial charge in [-0.05, 0) is 31.2 Å². The van der Waals surface area contributed by atoms with Gasteiger partial charge in [-0.2, -0.15) is 13.2 Å². The molecule has 1 aliphatic heterocycles. The average Bonchev–Trinajstić information content (AvgIpc) is 3.19. The summed E-state index contributed by atoms with van der Waals surface area (Å²) in [5.74, 6) is -0.320. The lowest BCUT2D eigenvalue weighted by atomic mass is 10.0. The second-order valence-electron chi connectivity index (χ2n) is 6.69. The first kappa shape index (κ1) is 29.6. The number of ether oxygens (including phenoxy) is 1. The van der Waals surface area contributed by atoms with E-state index < -0.39 is 17.8 Å². The van der Waals surface area contributed by atoms with Gasteiger partial charge in [0.05, 0.1) is 26.9 Å². The molecule has 1 N–H and O–H groups in total. The monoisotopic (exact) mass is 528 g/mol. The highest BCUT2D eigenvalue weighted by Crippen LogP contribution is 2.38. The molecule has 2 aromatic carbocycles. The standard InChI is InChI=1S/C14H11ClN2O2.C8H6ClF3.2CH2O/c1-16-11-6-8(15)7-17-12(11)13-9-4-2-3-5-10(9)14(18)19-13;1-5-2-3-7(9)6(4-5)8(10,11)12;2*1-2/h2-7,13,16H,1H3;2-4H,1H3;2*1H2. The first-order valence-corrected chi connectivity index (χ1v) is 10.4. The molecule has 6 nitrogen and oxygen atoms in total. The number of hydrogen-bond donors (Lipinski definition) is 1. The summed E-state index contributed by atoms with van der Waals surface area (Å²) in [5.41, 5.74) is 2.60. The smallest absolute Gasteiger partial charge is 0.417 e. The maximum absolute atomic E-state index is 12.1. The highest BCUT2D eigenvalue weighted by molar-refractivity contribution is 6.31. The van der Waals surface area contributed by atoms with E-state index in [9.17, 15) is 18.0 Å². The van der Waals surface area contributed by atoms with Crippen LogP contribution in [-0.2, 0) is 20.5 Å². The molecule has 0 aliphatic carbocycles. The van der Waals surface area contributed by atoms with Crippen LogP contribution in [0.25, 0.3) is 0 Å². The van der Waals surface area contributed by atoms with E-state index in [2.05, 4.69) is 10.3 Å². The van der Waals surface area contributed by atoms with Gasteiger partial charge in [0.15, 0.2) is 6.10 Å². The van der Waals surface area contributed by atoms with Gasteiger partial charge in [-0.1, -0.05) is 53.0 Å². The first-order valence-electron chi connectivity index (χ1n) is 9.66. The molecule has 11 heteroatoms. The Hall–Kier alpha value is -3.43. The number of aromatic nitrogens is 1. The van der Waals surface area contributed by atoms with Gasteiger partial charge in [0.1, 0.15) is 19.3 Å². The predicted molar refractivity (Wildman–Crippen MR) is 128 cm³/mol. The number of nitrogens with one attached hydrogen (secondary N) is 1. The van der Waals surface area contributed by atoms with Crippen molar-refractivity contribution in [3.8, 4) is 0 Å². The van der Waals surface area contributed by atoms with Crippen LogP contribution < -0.4 is 5.32 Å². The van der Waals surface area contributed by atoms with Gasteiger partial charge < -0.3 is 19.6 Å². The van der Waals surface area contributed by atoms with Crippen LogP contribution in [0.5, 0.6) is 0 Å². The number of halogens is 5. The molecule has 1 aromatic heterocycles. The number of carbonyl (C=O) groups is 3. The summed E-state index contributed by atoms with van der Waals surface area (Å²) in [7, 11) is 1.78. The van der Waals surface area contributed by atoms with E-state index in [0.29, 0.717) is 21.8 Å². The normalized spacial score (nSPS) is 13.5. The molecule has 1 aliphatic rings. The van der Waals surface area contributed by atoms with Crippen molar-refractivity contribution in [1.29, 1.82) is 0 Å². The van der Waals surface area contributed by atoms with Gasteiger partial charge in [0.2, 0.25) is 0 Å². The second-order valence-corrected chi connectivity index (χ2v) is 7.53. The maximum Gasteiger partial charge on any atom is 0.417 e. The van der Waals surface area contributed by atoms with E-state index >= 15 is 0 Å². The number of fused-ring (bicyclic) bond motifs is 1. The van der Waals surface area contributed by atoms with Crippen molar-refractivity contribution in [3.05, 3.63) is 92.7 Å². The van der Waals surface area contributed by atoms with E-state index in [1.807, 2.05) is 31.8 Å². The van der Waals surface area contributed by atoms with E-state index in [0.717, 1.165) is 17.3 Å². The van der Waals surface area contributed by atoms with Gasteiger partial charge in [-0.3, -0.25) is 4.98 Å². The van der Waals surface area contributed by atoms with E-state index in [1.165, 1.54) is 12.1 Å². The molecule has 0 radical (unpaired) electrons. The Bertz CT molecular complexity index is 1160. The van der Waals surface area contributed by atoms with Crippen LogP contribution >= 0.6 is 23.2 Å². The molecular weight excluding hydrogens is 508 g/mol. The van der Waals surface area contributed by atoms with Crippen LogP contribution in [0.3, 0.4) is 0 Å². The topological polar surface area (TPSA) is 85.4 Å². The van der Waals surface area contributed by atoms with Gasteiger partial charge in [-0.25, -0.2) is 4.79 Å². The lowest BCUT2D eigenvalue weighted by Crippen LogP contribution is -2.07. The van der Waals surface area contributed by atoms with Crippen molar-refractivity contribution < 1.29 is 32.3 Å². The zero-order valence-corrected chi connectivity index (χ0v) is 20.2. The number of anilines is 1. The molecule has 3 aromatic rings. The van der Waals surface area contributed by atoms with Gasteiger partial charge in [0, 0.05) is 18.8 Å². The zero-order valence-electron chi connectivity index (χ0n) is 18.7. The van der Waals surface area contributed by atoms with Crippen LogP contribution in [-0.4, -0.2) is 31.6 Å². The molecule has 4 rings (SSSR count). The SMILES string of the molecule is C=O.C=O.CNc1cc(Cl)cnc1C1OC(=O)c2ccccc21.Cc1ccc(Cl)c(C(F)(F)F)c1. The molecule has 0 saturated carbocycles. The number of benzene rings is 2. The Morgan fingerprint density at radius 1 is 1.03 bits per heavy atom. The summed E-state index contributed by atoms with van der Waals surface area (Å²) in [6.45, 7) is 5.59. The number of aryl methyl sites for hydroxylation is 1. The van der Waals surface area contributed by atoms with Crippen LogP contribution in [0.15, 0.2) is 54.7 Å². The van der Waals surface area contributed by atoms with Gasteiger partial charge in [-0.15, -0.1) is 0 Å².